The minimum Gasteiger partial charge on any atom is -0.412 e. The Labute approximate surface area is 37.3 Å². The maximum Gasteiger partial charge on any atom is 3.00 e. The minimum absolute atomic E-state index is 0. The third kappa shape index (κ3) is 21.1. The van der Waals surface area contributed by atoms with Crippen LogP contribution in [0.25, 0.3) is 0 Å². The second kappa shape index (κ2) is 80.6. The fraction of sp³-hybridized carbons (Fsp3) is 0. The molecule has 0 atom stereocenters. The molecule has 0 saturated carbocycles. The molecular weight excluding hydrogens is 240 g/mol. The Kier molecular flexibility index (Phi) is 4060. The third-order valence-corrected chi connectivity index (χ3v) is 0. The van der Waals surface area contributed by atoms with Gasteiger partial charge in [-0.05, 0) is 0 Å². The predicted octanol–water partition coefficient (Wildman–Crippen LogP) is -2.48. The van der Waals surface area contributed by atoms with Crippen LogP contribution >= 0.6 is 0 Å². The second-order valence-corrected chi connectivity index (χ2v) is 0. The number of hydrogen-bond donors (Lipinski definition) is 0. The van der Waals surface area contributed by atoms with Crippen LogP contribution in [0, 0.1) is 0 Å². The fourth-order valence-corrected chi connectivity index (χ4v) is 0. The molecule has 6 N–H and O–H groups in total. The van der Waals surface area contributed by atoms with Crippen molar-refractivity contribution < 1.29 is 36.5 Å². The van der Waals surface area contributed by atoms with Crippen molar-refractivity contribution in [2.75, 3.05) is 0 Å². The zero-order valence-corrected chi connectivity index (χ0v) is 4.23. The molecule has 30 valence electrons. The van der Waals surface area contributed by atoms with E-state index in [0.717, 1.165) is 0 Å². The molecule has 0 heterocycles. The predicted molar refractivity (Wildman–Crippen MR) is 10.8 cm³/mol. The first-order valence-electron chi connectivity index (χ1n) is 0. The maximum absolute atomic E-state index is 0. The molecule has 3 nitrogen and oxygen atoms in total. The molecule has 4 heteroatoms. The topological polar surface area (TPSA) is 94.5 Å². The van der Waals surface area contributed by atoms with Crippen molar-refractivity contribution in [1.82, 2.24) is 0 Å². The van der Waals surface area contributed by atoms with Gasteiger partial charge in [0.2, 0.25) is 0 Å². The van der Waals surface area contributed by atoms with Gasteiger partial charge in [0.15, 0.2) is 0 Å². The Bertz CT molecular complexity index is 3.25. The number of rotatable bonds is 0. The van der Waals surface area contributed by atoms with Gasteiger partial charge in [0.25, 0.3) is 0 Å². The van der Waals surface area contributed by atoms with Crippen molar-refractivity contribution in [3.05, 3.63) is 0 Å². The summed E-state index contributed by atoms with van der Waals surface area (Å²) in [5.74, 6) is 0. The molecular formula is H6IrO3+3. The molecule has 0 spiro atoms. The summed E-state index contributed by atoms with van der Waals surface area (Å²) in [5, 5.41) is 0. The average molecular weight is 246 g/mol. The summed E-state index contributed by atoms with van der Waals surface area (Å²) < 4.78 is 0. The summed E-state index contributed by atoms with van der Waals surface area (Å²) in [7, 11) is 0. The van der Waals surface area contributed by atoms with Gasteiger partial charge >= 0.3 is 20.1 Å². The van der Waals surface area contributed by atoms with Gasteiger partial charge in [-0.2, -0.15) is 0 Å². The van der Waals surface area contributed by atoms with Crippen LogP contribution in [0.1, 0.15) is 0 Å². The summed E-state index contributed by atoms with van der Waals surface area (Å²) in [4.78, 5) is 0. The van der Waals surface area contributed by atoms with Gasteiger partial charge in [-0.1, -0.05) is 0 Å². The summed E-state index contributed by atoms with van der Waals surface area (Å²) in [6.45, 7) is 0. The summed E-state index contributed by atoms with van der Waals surface area (Å²) in [6.07, 6.45) is 0. The van der Waals surface area contributed by atoms with Crippen LogP contribution in [0.5, 0.6) is 0 Å². The Hall–Kier alpha value is 0.529. The van der Waals surface area contributed by atoms with Crippen LogP contribution in [-0.2, 0) is 20.1 Å². The first-order chi connectivity index (χ1) is 0. The summed E-state index contributed by atoms with van der Waals surface area (Å²) in [5.41, 5.74) is 0. The van der Waals surface area contributed by atoms with Crippen molar-refractivity contribution in [3.8, 4) is 0 Å². The van der Waals surface area contributed by atoms with Crippen LogP contribution in [0.2, 0.25) is 0 Å². The molecule has 0 unspecified atom stereocenters. The van der Waals surface area contributed by atoms with E-state index in [4.69, 9.17) is 0 Å². The zero-order chi connectivity index (χ0) is 0. The molecule has 0 aliphatic heterocycles. The van der Waals surface area contributed by atoms with E-state index >= 15 is 0 Å². The molecule has 0 aromatic heterocycles. The van der Waals surface area contributed by atoms with E-state index in [1.54, 1.807) is 0 Å². The van der Waals surface area contributed by atoms with Crippen molar-refractivity contribution in [2.45, 2.75) is 0 Å². The average Bonchev–Trinajstić information content (AvgIpc) is 0. The molecule has 0 saturated heterocycles. The molecule has 0 aromatic rings. The smallest absolute Gasteiger partial charge is 0.412 e. The van der Waals surface area contributed by atoms with Gasteiger partial charge in [0.1, 0.15) is 0 Å². The van der Waals surface area contributed by atoms with Gasteiger partial charge in [-0.3, -0.25) is 0 Å². The second-order valence-electron chi connectivity index (χ2n) is 0. The summed E-state index contributed by atoms with van der Waals surface area (Å²) in [6, 6.07) is 0. The third-order valence-electron chi connectivity index (χ3n) is 0. The van der Waals surface area contributed by atoms with Crippen molar-refractivity contribution in [2.24, 2.45) is 0 Å². The van der Waals surface area contributed by atoms with Crippen molar-refractivity contribution >= 4 is 0 Å². The molecule has 0 fully saturated rings. The van der Waals surface area contributed by atoms with Gasteiger partial charge < -0.3 is 16.4 Å². The molecule has 0 radical (unpaired) electrons. The molecule has 0 aliphatic carbocycles. The monoisotopic (exact) mass is 247 g/mol. The van der Waals surface area contributed by atoms with E-state index in [9.17, 15) is 0 Å². The van der Waals surface area contributed by atoms with E-state index in [2.05, 4.69) is 0 Å². The molecule has 0 aliphatic rings. The van der Waals surface area contributed by atoms with Gasteiger partial charge in [-0.25, -0.2) is 0 Å². The minimum atomic E-state index is 0. The molecule has 0 amide bonds. The summed E-state index contributed by atoms with van der Waals surface area (Å²) >= 11 is 0. The number of hydrogen-bond acceptors (Lipinski definition) is 0. The Morgan fingerprint density at radius 3 is 0.500 bits per heavy atom. The van der Waals surface area contributed by atoms with E-state index in [0.29, 0.717) is 0 Å². The van der Waals surface area contributed by atoms with E-state index in [1.165, 1.54) is 0 Å². The first-order valence-corrected chi connectivity index (χ1v) is 0. The van der Waals surface area contributed by atoms with Gasteiger partial charge in [0.05, 0.1) is 0 Å². The maximum atomic E-state index is 0. The van der Waals surface area contributed by atoms with Gasteiger partial charge in [-0.15, -0.1) is 0 Å². The Morgan fingerprint density at radius 2 is 0.500 bits per heavy atom. The van der Waals surface area contributed by atoms with E-state index in [1.807, 2.05) is 0 Å². The normalized spacial score (nSPS) is 0. The molecule has 0 aromatic carbocycles. The largest absolute Gasteiger partial charge is 3.00 e. The van der Waals surface area contributed by atoms with Crippen LogP contribution < -0.4 is 0 Å². The van der Waals surface area contributed by atoms with Crippen LogP contribution in [-0.4, -0.2) is 16.4 Å². The van der Waals surface area contributed by atoms with E-state index < -0.39 is 0 Å². The van der Waals surface area contributed by atoms with Gasteiger partial charge in [0, 0.05) is 0 Å². The van der Waals surface area contributed by atoms with Crippen LogP contribution in [0.15, 0.2) is 0 Å². The zero-order valence-electron chi connectivity index (χ0n) is 1.83. The SMILES string of the molecule is O.O.O.[Ir+3]. The fourth-order valence-electron chi connectivity index (χ4n) is 0. The Balaban J connectivity index is 0. The van der Waals surface area contributed by atoms with Crippen molar-refractivity contribution in [1.29, 1.82) is 0 Å². The van der Waals surface area contributed by atoms with E-state index in [-0.39, 0.29) is 36.5 Å². The molecule has 4 heavy (non-hydrogen) atoms. The molecule has 0 bridgehead atoms. The van der Waals surface area contributed by atoms with Crippen LogP contribution in [0.3, 0.4) is 0 Å². The van der Waals surface area contributed by atoms with Crippen LogP contribution in [0.4, 0.5) is 0 Å². The molecule has 0 rings (SSSR count). The Morgan fingerprint density at radius 1 is 0.500 bits per heavy atom. The van der Waals surface area contributed by atoms with Crippen molar-refractivity contribution in [3.63, 3.8) is 0 Å². The first kappa shape index (κ1) is 201. The quantitative estimate of drug-likeness (QED) is 0.452. The standard InChI is InChI=1S/Ir.3H2O/h;3*1H2/q+3;;;.